The Morgan fingerprint density at radius 3 is 2.47 bits per heavy atom. The number of carbonyl (C=O) groups excluding carboxylic acids is 3. The Bertz CT molecular complexity index is 721. The van der Waals surface area contributed by atoms with Crippen LogP contribution in [0.15, 0.2) is 12.3 Å². The fourth-order valence-corrected chi connectivity index (χ4v) is 2.54. The Kier molecular flexibility index (Phi) is 10.6. The van der Waals surface area contributed by atoms with Gasteiger partial charge in [0, 0.05) is 32.7 Å². The summed E-state index contributed by atoms with van der Waals surface area (Å²) in [5.41, 5.74) is -0.125. The van der Waals surface area contributed by atoms with Crippen molar-refractivity contribution in [1.29, 1.82) is 0 Å². The van der Waals surface area contributed by atoms with E-state index in [1.807, 2.05) is 6.92 Å². The van der Waals surface area contributed by atoms with Gasteiger partial charge in [0.15, 0.2) is 17.2 Å². The maximum atomic E-state index is 12.7. The molecule has 1 N–H and O–H groups in total. The molecule has 0 saturated carbocycles. The molecular formula is C20H30N2O8. The van der Waals surface area contributed by atoms with Crippen LogP contribution in [0.25, 0.3) is 0 Å². The number of carbonyl (C=O) groups is 3. The van der Waals surface area contributed by atoms with Crippen LogP contribution in [-0.2, 0) is 23.8 Å². The molecule has 1 aromatic rings. The second-order valence-electron chi connectivity index (χ2n) is 6.53. The lowest BCUT2D eigenvalue weighted by molar-refractivity contribution is -0.151. The number of hydrogen-bond donors (Lipinski definition) is 1. The molecule has 168 valence electrons. The molecule has 0 fully saturated rings. The number of ether oxygens (including phenoxy) is 5. The van der Waals surface area contributed by atoms with Crippen LogP contribution >= 0.6 is 0 Å². The third-order valence-corrected chi connectivity index (χ3v) is 4.17. The first-order valence-corrected chi connectivity index (χ1v) is 9.56. The number of hydrogen-bond acceptors (Lipinski definition) is 9. The highest BCUT2D eigenvalue weighted by molar-refractivity contribution is 5.98. The van der Waals surface area contributed by atoms with Gasteiger partial charge >= 0.3 is 11.9 Å². The van der Waals surface area contributed by atoms with E-state index >= 15 is 0 Å². The maximum Gasteiger partial charge on any atom is 0.328 e. The smallest absolute Gasteiger partial charge is 0.328 e. The van der Waals surface area contributed by atoms with Crippen LogP contribution in [0.4, 0.5) is 0 Å². The van der Waals surface area contributed by atoms with Crippen molar-refractivity contribution in [1.82, 2.24) is 10.3 Å². The molecule has 0 saturated heterocycles. The van der Waals surface area contributed by atoms with Crippen molar-refractivity contribution in [2.75, 3.05) is 21.0 Å². The van der Waals surface area contributed by atoms with Crippen LogP contribution in [0.2, 0.25) is 0 Å². The summed E-state index contributed by atoms with van der Waals surface area (Å²) in [4.78, 5) is 39.9. The van der Waals surface area contributed by atoms with Crippen molar-refractivity contribution in [2.24, 2.45) is 0 Å². The highest BCUT2D eigenvalue weighted by Crippen LogP contribution is 2.29. The second-order valence-corrected chi connectivity index (χ2v) is 6.53. The lowest BCUT2D eigenvalue weighted by Crippen LogP contribution is -2.41. The molecular weight excluding hydrogens is 396 g/mol. The maximum absolute atomic E-state index is 12.7. The zero-order chi connectivity index (χ0) is 22.7. The van der Waals surface area contributed by atoms with Crippen LogP contribution in [-0.4, -0.2) is 62.1 Å². The molecule has 10 nitrogen and oxygen atoms in total. The molecule has 30 heavy (non-hydrogen) atoms. The molecule has 2 unspecified atom stereocenters. The van der Waals surface area contributed by atoms with E-state index in [1.165, 1.54) is 33.2 Å². The number of esters is 2. The summed E-state index contributed by atoms with van der Waals surface area (Å²) in [5, 5.41) is 2.52. The molecule has 3 atom stereocenters. The summed E-state index contributed by atoms with van der Waals surface area (Å²) in [6.45, 7) is 6.04. The number of pyridine rings is 1. The molecule has 0 aliphatic carbocycles. The summed E-state index contributed by atoms with van der Waals surface area (Å²) in [6.07, 6.45) is 2.30. The topological polar surface area (TPSA) is 122 Å². The molecule has 0 aliphatic heterocycles. The Hall–Kier alpha value is -2.88. The number of nitrogens with zero attached hydrogens (tertiary/aromatic N) is 1. The first-order valence-electron chi connectivity index (χ1n) is 9.56. The fourth-order valence-electron chi connectivity index (χ4n) is 2.54. The number of aromatic nitrogens is 1. The van der Waals surface area contributed by atoms with E-state index in [0.29, 0.717) is 6.42 Å². The Balaban J connectivity index is 2.80. The van der Waals surface area contributed by atoms with Crippen LogP contribution in [0.1, 0.15) is 51.0 Å². The van der Waals surface area contributed by atoms with Gasteiger partial charge in [-0.25, -0.2) is 9.78 Å². The predicted molar refractivity (Wildman–Crippen MR) is 106 cm³/mol. The van der Waals surface area contributed by atoms with Crippen molar-refractivity contribution >= 4 is 17.8 Å². The predicted octanol–water partition coefficient (Wildman–Crippen LogP) is 1.85. The number of nitrogens with one attached hydrogen (secondary N) is 1. The quantitative estimate of drug-likeness (QED) is 0.394. The van der Waals surface area contributed by atoms with Gasteiger partial charge in [-0.1, -0.05) is 6.92 Å². The SMILES string of the molecule is CCC(CC(C)OC(=O)[C@H](C)NC(=O)c1nccc(OC)c1OCOC(C)=O)OC. The van der Waals surface area contributed by atoms with Crippen LogP contribution in [0.5, 0.6) is 11.5 Å². The number of amides is 1. The molecule has 1 amide bonds. The molecule has 1 heterocycles. The fraction of sp³-hybridized carbons (Fsp3) is 0.600. The van der Waals surface area contributed by atoms with E-state index < -0.39 is 30.7 Å². The molecule has 0 aromatic carbocycles. The second kappa shape index (κ2) is 12.6. The average Bonchev–Trinajstić information content (AvgIpc) is 2.71. The van der Waals surface area contributed by atoms with Gasteiger partial charge in [0.2, 0.25) is 6.79 Å². The average molecular weight is 426 g/mol. The molecule has 0 bridgehead atoms. The normalized spacial score (nSPS) is 13.5. The number of rotatable bonds is 12. The summed E-state index contributed by atoms with van der Waals surface area (Å²) in [5.74, 6) is -1.61. The van der Waals surface area contributed by atoms with Gasteiger partial charge in [0.25, 0.3) is 5.91 Å². The Labute approximate surface area is 176 Å². The van der Waals surface area contributed by atoms with Crippen LogP contribution in [0, 0.1) is 0 Å². The number of methoxy groups -OCH3 is 2. The minimum absolute atomic E-state index is 0.0152. The van der Waals surface area contributed by atoms with Gasteiger partial charge < -0.3 is 29.0 Å². The Morgan fingerprint density at radius 2 is 1.90 bits per heavy atom. The summed E-state index contributed by atoms with van der Waals surface area (Å²) >= 11 is 0. The van der Waals surface area contributed by atoms with E-state index in [9.17, 15) is 14.4 Å². The van der Waals surface area contributed by atoms with E-state index in [0.717, 1.165) is 6.42 Å². The molecule has 0 radical (unpaired) electrons. The van der Waals surface area contributed by atoms with Crippen molar-refractivity contribution in [2.45, 2.75) is 58.8 Å². The van der Waals surface area contributed by atoms with E-state index in [-0.39, 0.29) is 29.4 Å². The monoisotopic (exact) mass is 426 g/mol. The molecule has 1 aromatic heterocycles. The van der Waals surface area contributed by atoms with Crippen molar-refractivity contribution in [3.8, 4) is 11.5 Å². The lowest BCUT2D eigenvalue weighted by Gasteiger charge is -2.21. The van der Waals surface area contributed by atoms with Gasteiger partial charge in [0.1, 0.15) is 12.1 Å². The van der Waals surface area contributed by atoms with Crippen molar-refractivity contribution in [3.05, 3.63) is 18.0 Å². The summed E-state index contributed by atoms with van der Waals surface area (Å²) in [7, 11) is 2.99. The molecule has 0 spiro atoms. The minimum atomic E-state index is -0.933. The zero-order valence-electron chi connectivity index (χ0n) is 18.2. The third kappa shape index (κ3) is 7.86. The largest absolute Gasteiger partial charge is 0.493 e. The standard InChI is InChI=1S/C20H30N2O8/c1-7-15(26-5)10-12(2)30-20(25)13(3)22-19(24)17-18(29-11-28-14(4)23)16(27-6)8-9-21-17/h8-9,12-13,15H,7,10-11H2,1-6H3,(H,22,24)/t12?,13-,15?/m0/s1. The van der Waals surface area contributed by atoms with Crippen molar-refractivity contribution in [3.63, 3.8) is 0 Å². The van der Waals surface area contributed by atoms with Gasteiger partial charge in [-0.3, -0.25) is 9.59 Å². The van der Waals surface area contributed by atoms with E-state index in [2.05, 4.69) is 10.3 Å². The molecule has 10 heteroatoms. The first kappa shape index (κ1) is 25.2. The van der Waals surface area contributed by atoms with Gasteiger partial charge in [0.05, 0.1) is 13.2 Å². The van der Waals surface area contributed by atoms with Gasteiger partial charge in [-0.05, 0) is 20.3 Å². The van der Waals surface area contributed by atoms with Crippen molar-refractivity contribution < 1.29 is 38.1 Å². The Morgan fingerprint density at radius 1 is 1.20 bits per heavy atom. The molecule has 0 aliphatic rings. The summed E-state index contributed by atoms with van der Waals surface area (Å²) < 4.78 is 25.9. The first-order chi connectivity index (χ1) is 14.2. The minimum Gasteiger partial charge on any atom is -0.493 e. The zero-order valence-corrected chi connectivity index (χ0v) is 18.2. The van der Waals surface area contributed by atoms with Crippen LogP contribution in [0.3, 0.4) is 0 Å². The lowest BCUT2D eigenvalue weighted by atomic mass is 10.1. The van der Waals surface area contributed by atoms with Gasteiger partial charge in [-0.15, -0.1) is 0 Å². The molecule has 1 rings (SSSR count). The highest BCUT2D eigenvalue weighted by Gasteiger charge is 2.25. The van der Waals surface area contributed by atoms with E-state index in [1.54, 1.807) is 14.0 Å². The van der Waals surface area contributed by atoms with Crippen LogP contribution < -0.4 is 14.8 Å². The highest BCUT2D eigenvalue weighted by atomic mass is 16.7. The van der Waals surface area contributed by atoms with Gasteiger partial charge in [-0.2, -0.15) is 0 Å². The summed E-state index contributed by atoms with van der Waals surface area (Å²) in [6, 6.07) is 0.552. The third-order valence-electron chi connectivity index (χ3n) is 4.17. The van der Waals surface area contributed by atoms with E-state index in [4.69, 9.17) is 23.7 Å².